The highest BCUT2D eigenvalue weighted by Gasteiger charge is 2.17. The van der Waals surface area contributed by atoms with Gasteiger partial charge in [-0.05, 0) is 42.0 Å². The zero-order valence-electron chi connectivity index (χ0n) is 16.3. The molecule has 0 aliphatic heterocycles. The SMILES string of the molecule is COc1ccc(/C=C/C(=O)OCC(=O)Nc2cccc(S(=O)(=O)N(C)C)c2)cc1. The number of nitrogens with zero attached hydrogens (tertiary/aromatic N) is 1. The highest BCUT2D eigenvalue weighted by Crippen LogP contribution is 2.18. The Hall–Kier alpha value is -3.17. The van der Waals surface area contributed by atoms with Crippen molar-refractivity contribution in [2.75, 3.05) is 33.1 Å². The van der Waals surface area contributed by atoms with E-state index in [2.05, 4.69) is 5.32 Å². The summed E-state index contributed by atoms with van der Waals surface area (Å²) < 4.78 is 35.3. The maximum absolute atomic E-state index is 12.1. The number of esters is 1. The summed E-state index contributed by atoms with van der Waals surface area (Å²) in [6.07, 6.45) is 2.76. The highest BCUT2D eigenvalue weighted by molar-refractivity contribution is 7.89. The van der Waals surface area contributed by atoms with Crippen LogP contribution in [-0.2, 0) is 24.3 Å². The lowest BCUT2D eigenvalue weighted by Crippen LogP contribution is -2.23. The maximum atomic E-state index is 12.1. The van der Waals surface area contributed by atoms with Crippen LogP contribution in [0, 0.1) is 0 Å². The fourth-order valence-electron chi connectivity index (χ4n) is 2.21. The smallest absolute Gasteiger partial charge is 0.331 e. The summed E-state index contributed by atoms with van der Waals surface area (Å²) >= 11 is 0. The third-order valence-corrected chi connectivity index (χ3v) is 5.58. The molecular weight excluding hydrogens is 396 g/mol. The summed E-state index contributed by atoms with van der Waals surface area (Å²) in [6, 6.07) is 12.8. The van der Waals surface area contributed by atoms with Crippen LogP contribution in [0.15, 0.2) is 59.5 Å². The van der Waals surface area contributed by atoms with Crippen molar-refractivity contribution in [3.8, 4) is 5.75 Å². The van der Waals surface area contributed by atoms with Crippen molar-refractivity contribution in [2.45, 2.75) is 4.90 Å². The molecular formula is C20H22N2O6S. The van der Waals surface area contributed by atoms with E-state index in [4.69, 9.17) is 9.47 Å². The molecule has 0 heterocycles. The predicted molar refractivity (Wildman–Crippen MR) is 109 cm³/mol. The van der Waals surface area contributed by atoms with E-state index in [1.54, 1.807) is 37.5 Å². The van der Waals surface area contributed by atoms with E-state index < -0.39 is 28.5 Å². The van der Waals surface area contributed by atoms with E-state index in [0.717, 1.165) is 9.87 Å². The van der Waals surface area contributed by atoms with E-state index in [-0.39, 0.29) is 10.6 Å². The zero-order valence-corrected chi connectivity index (χ0v) is 17.1. The lowest BCUT2D eigenvalue weighted by atomic mass is 10.2. The van der Waals surface area contributed by atoms with Crippen molar-refractivity contribution in [1.29, 1.82) is 0 Å². The van der Waals surface area contributed by atoms with Crippen molar-refractivity contribution >= 4 is 33.7 Å². The minimum atomic E-state index is -3.62. The standard InChI is InChI=1S/C20H22N2O6S/c1-22(2)29(25,26)18-6-4-5-16(13-18)21-19(23)14-28-20(24)12-9-15-7-10-17(27-3)11-8-15/h4-13H,14H2,1-3H3,(H,21,23)/b12-9+. The Labute approximate surface area is 169 Å². The Morgan fingerprint density at radius 1 is 1.10 bits per heavy atom. The number of sulfonamides is 1. The molecule has 8 nitrogen and oxygen atoms in total. The third-order valence-electron chi connectivity index (χ3n) is 3.77. The molecule has 0 saturated carbocycles. The number of carbonyl (C=O) groups excluding carboxylic acids is 2. The first-order valence-electron chi connectivity index (χ1n) is 8.53. The Balaban J connectivity index is 1.89. The molecule has 0 aliphatic carbocycles. The van der Waals surface area contributed by atoms with Crippen LogP contribution in [0.2, 0.25) is 0 Å². The number of nitrogens with one attached hydrogen (secondary N) is 1. The quantitative estimate of drug-likeness (QED) is 0.521. The van der Waals surface area contributed by atoms with Crippen molar-refractivity contribution in [2.24, 2.45) is 0 Å². The van der Waals surface area contributed by atoms with Gasteiger partial charge in [0.1, 0.15) is 5.75 Å². The number of hydrogen-bond acceptors (Lipinski definition) is 6. The Bertz CT molecular complexity index is 998. The van der Waals surface area contributed by atoms with Gasteiger partial charge in [0.25, 0.3) is 5.91 Å². The normalized spacial score (nSPS) is 11.4. The summed E-state index contributed by atoms with van der Waals surface area (Å²) in [4.78, 5) is 23.8. The number of rotatable bonds is 8. The van der Waals surface area contributed by atoms with Gasteiger partial charge in [0, 0.05) is 25.9 Å². The number of ether oxygens (including phenoxy) is 2. The molecule has 9 heteroatoms. The highest BCUT2D eigenvalue weighted by atomic mass is 32.2. The number of benzene rings is 2. The molecule has 0 atom stereocenters. The van der Waals surface area contributed by atoms with E-state index in [9.17, 15) is 18.0 Å². The van der Waals surface area contributed by atoms with Crippen molar-refractivity contribution < 1.29 is 27.5 Å². The van der Waals surface area contributed by atoms with Crippen LogP contribution in [-0.4, -0.2) is 52.4 Å². The molecule has 2 rings (SSSR count). The van der Waals surface area contributed by atoms with Crippen LogP contribution in [0.25, 0.3) is 6.08 Å². The van der Waals surface area contributed by atoms with Gasteiger partial charge in [-0.15, -0.1) is 0 Å². The summed E-state index contributed by atoms with van der Waals surface area (Å²) in [5.74, 6) is -0.570. The molecule has 1 N–H and O–H groups in total. The minimum Gasteiger partial charge on any atom is -0.497 e. The van der Waals surface area contributed by atoms with Gasteiger partial charge in [0.05, 0.1) is 12.0 Å². The second-order valence-electron chi connectivity index (χ2n) is 6.08. The van der Waals surface area contributed by atoms with Crippen LogP contribution < -0.4 is 10.1 Å². The number of methoxy groups -OCH3 is 1. The topological polar surface area (TPSA) is 102 Å². The van der Waals surface area contributed by atoms with E-state index in [1.807, 2.05) is 0 Å². The van der Waals surface area contributed by atoms with Gasteiger partial charge in [-0.25, -0.2) is 17.5 Å². The molecule has 2 aromatic carbocycles. The number of anilines is 1. The van der Waals surface area contributed by atoms with Gasteiger partial charge >= 0.3 is 5.97 Å². The molecule has 0 fully saturated rings. The molecule has 0 aromatic heterocycles. The summed E-state index contributed by atoms with van der Waals surface area (Å²) in [6.45, 7) is -0.504. The number of hydrogen-bond donors (Lipinski definition) is 1. The second-order valence-corrected chi connectivity index (χ2v) is 8.23. The minimum absolute atomic E-state index is 0.0414. The first-order chi connectivity index (χ1) is 13.7. The van der Waals surface area contributed by atoms with Crippen molar-refractivity contribution in [1.82, 2.24) is 4.31 Å². The van der Waals surface area contributed by atoms with Gasteiger partial charge in [-0.3, -0.25) is 4.79 Å². The van der Waals surface area contributed by atoms with Crippen LogP contribution in [0.5, 0.6) is 5.75 Å². The molecule has 2 aromatic rings. The Kier molecular flexibility index (Phi) is 7.52. The van der Waals surface area contributed by atoms with E-state index >= 15 is 0 Å². The predicted octanol–water partition coefficient (Wildman–Crippen LogP) is 2.14. The fourth-order valence-corrected chi connectivity index (χ4v) is 3.15. The Morgan fingerprint density at radius 3 is 2.41 bits per heavy atom. The molecule has 0 spiro atoms. The average molecular weight is 418 g/mol. The van der Waals surface area contributed by atoms with Gasteiger partial charge in [0.15, 0.2) is 6.61 Å². The first kappa shape index (κ1) is 22.1. The zero-order chi connectivity index (χ0) is 21.4. The molecule has 0 aliphatic rings. The first-order valence-corrected chi connectivity index (χ1v) is 9.97. The third kappa shape index (κ3) is 6.44. The van der Waals surface area contributed by atoms with Gasteiger partial charge in [-0.1, -0.05) is 18.2 Å². The molecule has 154 valence electrons. The fraction of sp³-hybridized carbons (Fsp3) is 0.200. The van der Waals surface area contributed by atoms with Gasteiger partial charge in [0.2, 0.25) is 10.0 Å². The monoisotopic (exact) mass is 418 g/mol. The number of carbonyl (C=O) groups is 2. The van der Waals surface area contributed by atoms with Crippen LogP contribution in [0.3, 0.4) is 0 Å². The summed E-state index contributed by atoms with van der Waals surface area (Å²) in [5, 5.41) is 2.50. The summed E-state index contributed by atoms with van der Waals surface area (Å²) in [5.41, 5.74) is 1.05. The molecule has 1 amide bonds. The lowest BCUT2D eigenvalue weighted by Gasteiger charge is -2.12. The van der Waals surface area contributed by atoms with Crippen LogP contribution in [0.1, 0.15) is 5.56 Å². The van der Waals surface area contributed by atoms with E-state index in [1.165, 1.54) is 44.4 Å². The summed E-state index contributed by atoms with van der Waals surface area (Å²) in [7, 11) is 0.773. The molecule has 0 saturated heterocycles. The van der Waals surface area contributed by atoms with Crippen molar-refractivity contribution in [3.05, 3.63) is 60.2 Å². The van der Waals surface area contributed by atoms with Crippen LogP contribution in [0.4, 0.5) is 5.69 Å². The number of amides is 1. The molecule has 0 unspecified atom stereocenters. The molecule has 0 radical (unpaired) electrons. The van der Waals surface area contributed by atoms with Gasteiger partial charge in [-0.2, -0.15) is 0 Å². The average Bonchev–Trinajstić information content (AvgIpc) is 2.71. The molecule has 0 bridgehead atoms. The van der Waals surface area contributed by atoms with E-state index in [0.29, 0.717) is 5.75 Å². The largest absolute Gasteiger partial charge is 0.497 e. The van der Waals surface area contributed by atoms with Crippen LogP contribution >= 0.6 is 0 Å². The lowest BCUT2D eigenvalue weighted by molar-refractivity contribution is -0.142. The second kappa shape index (κ2) is 9.85. The Morgan fingerprint density at radius 2 is 1.79 bits per heavy atom. The molecule has 29 heavy (non-hydrogen) atoms. The van der Waals surface area contributed by atoms with Gasteiger partial charge < -0.3 is 14.8 Å². The van der Waals surface area contributed by atoms with Crippen molar-refractivity contribution in [3.63, 3.8) is 0 Å². The maximum Gasteiger partial charge on any atom is 0.331 e.